The molecule has 0 aliphatic rings. The lowest BCUT2D eigenvalue weighted by Gasteiger charge is -2.16. The Bertz CT molecular complexity index is 613. The van der Waals surface area contributed by atoms with E-state index in [2.05, 4.69) is 14.9 Å². The Morgan fingerprint density at radius 3 is 2.57 bits per heavy atom. The number of nitrogens with two attached hydrogens (primary N) is 1. The Hall–Kier alpha value is -1.95. The topological polar surface area (TPSA) is 80.9 Å². The van der Waals surface area contributed by atoms with Gasteiger partial charge in [0, 0.05) is 17.6 Å². The molecule has 0 unspecified atom stereocenters. The van der Waals surface area contributed by atoms with Crippen molar-refractivity contribution in [3.05, 3.63) is 40.4 Å². The number of carbonyl (C=O) groups is 1. The molecule has 1 amide bonds. The SMILES string of the molecule is CC(C)(C)c1nnsc1C(=O)NCCc1ccc(N)cc1. The number of hydrogen-bond donors (Lipinski definition) is 2. The number of hydrogen-bond acceptors (Lipinski definition) is 5. The maximum Gasteiger partial charge on any atom is 0.264 e. The van der Waals surface area contributed by atoms with Gasteiger partial charge in [0.15, 0.2) is 0 Å². The minimum atomic E-state index is -0.184. The summed E-state index contributed by atoms with van der Waals surface area (Å²) in [5.41, 5.74) is 8.09. The minimum Gasteiger partial charge on any atom is -0.399 e. The molecule has 0 aliphatic heterocycles. The maximum absolute atomic E-state index is 12.2. The van der Waals surface area contributed by atoms with Gasteiger partial charge in [0.05, 0.1) is 5.69 Å². The molecule has 3 N–H and O–H groups in total. The molecule has 0 spiro atoms. The molecular weight excluding hydrogens is 284 g/mol. The van der Waals surface area contributed by atoms with E-state index in [1.165, 1.54) is 0 Å². The lowest BCUT2D eigenvalue weighted by molar-refractivity contribution is 0.0956. The van der Waals surface area contributed by atoms with Gasteiger partial charge in [-0.05, 0) is 35.6 Å². The number of aromatic nitrogens is 2. The van der Waals surface area contributed by atoms with Crippen LogP contribution in [0.5, 0.6) is 0 Å². The standard InChI is InChI=1S/C15H20N4OS/c1-15(2,3)13-12(21-19-18-13)14(20)17-9-8-10-4-6-11(16)7-5-10/h4-7H,8-9,16H2,1-3H3,(H,17,20). The van der Waals surface area contributed by atoms with Crippen molar-refractivity contribution in [1.29, 1.82) is 0 Å². The second-order valence-corrected chi connectivity index (χ2v) is 6.70. The van der Waals surface area contributed by atoms with Gasteiger partial charge in [0.25, 0.3) is 5.91 Å². The van der Waals surface area contributed by atoms with Crippen molar-refractivity contribution >= 4 is 23.1 Å². The highest BCUT2D eigenvalue weighted by Gasteiger charge is 2.25. The third-order valence-electron chi connectivity index (χ3n) is 3.08. The molecule has 1 aromatic heterocycles. The average molecular weight is 304 g/mol. The predicted octanol–water partition coefficient (Wildman–Crippen LogP) is 2.39. The van der Waals surface area contributed by atoms with Gasteiger partial charge in [-0.15, -0.1) is 5.10 Å². The molecular formula is C15H20N4OS. The van der Waals surface area contributed by atoms with Gasteiger partial charge in [-0.25, -0.2) is 0 Å². The number of carbonyl (C=O) groups excluding carboxylic acids is 1. The Morgan fingerprint density at radius 1 is 1.29 bits per heavy atom. The Kier molecular flexibility index (Phi) is 4.57. The second kappa shape index (κ2) is 6.22. The zero-order valence-electron chi connectivity index (χ0n) is 12.5. The number of rotatable bonds is 4. The van der Waals surface area contributed by atoms with Crippen LogP contribution in [0.15, 0.2) is 24.3 Å². The highest BCUT2D eigenvalue weighted by atomic mass is 32.1. The van der Waals surface area contributed by atoms with Crippen molar-refractivity contribution in [2.75, 3.05) is 12.3 Å². The average Bonchev–Trinajstić information content (AvgIpc) is 2.90. The summed E-state index contributed by atoms with van der Waals surface area (Å²) in [6.45, 7) is 6.64. The van der Waals surface area contributed by atoms with Gasteiger partial charge >= 0.3 is 0 Å². The third kappa shape index (κ3) is 4.01. The van der Waals surface area contributed by atoms with Crippen molar-refractivity contribution in [3.63, 3.8) is 0 Å². The first-order valence-electron chi connectivity index (χ1n) is 6.83. The zero-order chi connectivity index (χ0) is 15.5. The van der Waals surface area contributed by atoms with Crippen LogP contribution >= 0.6 is 11.5 Å². The molecule has 0 aliphatic carbocycles. The Labute approximate surface area is 128 Å². The van der Waals surface area contributed by atoms with Crippen molar-refractivity contribution in [3.8, 4) is 0 Å². The minimum absolute atomic E-state index is 0.106. The van der Waals surface area contributed by atoms with Crippen molar-refractivity contribution in [1.82, 2.24) is 14.9 Å². The van der Waals surface area contributed by atoms with Crippen LogP contribution in [0.1, 0.15) is 41.7 Å². The van der Waals surface area contributed by atoms with Gasteiger partial charge in [0.1, 0.15) is 4.88 Å². The summed E-state index contributed by atoms with van der Waals surface area (Å²) >= 11 is 1.14. The van der Waals surface area contributed by atoms with Gasteiger partial charge in [-0.2, -0.15) is 0 Å². The zero-order valence-corrected chi connectivity index (χ0v) is 13.3. The van der Waals surface area contributed by atoms with E-state index < -0.39 is 0 Å². The number of benzene rings is 1. The Balaban J connectivity index is 1.94. The summed E-state index contributed by atoms with van der Waals surface area (Å²) in [6, 6.07) is 7.66. The van der Waals surface area contributed by atoms with Crippen LogP contribution in [0, 0.1) is 0 Å². The fourth-order valence-corrected chi connectivity index (χ4v) is 2.71. The van der Waals surface area contributed by atoms with Crippen molar-refractivity contribution in [2.45, 2.75) is 32.6 Å². The number of nitrogens with zero attached hydrogens (tertiary/aromatic N) is 2. The highest BCUT2D eigenvalue weighted by molar-refractivity contribution is 7.08. The molecule has 0 fully saturated rings. The first-order chi connectivity index (χ1) is 9.88. The lowest BCUT2D eigenvalue weighted by Crippen LogP contribution is -2.27. The molecule has 112 valence electrons. The molecule has 1 aromatic carbocycles. The molecule has 6 heteroatoms. The van der Waals surface area contributed by atoms with E-state index in [1.54, 1.807) is 0 Å². The van der Waals surface area contributed by atoms with E-state index in [0.717, 1.165) is 34.9 Å². The summed E-state index contributed by atoms with van der Waals surface area (Å²) in [5.74, 6) is -0.106. The van der Waals surface area contributed by atoms with E-state index >= 15 is 0 Å². The summed E-state index contributed by atoms with van der Waals surface area (Å²) in [4.78, 5) is 12.8. The number of amides is 1. The number of nitrogen functional groups attached to an aromatic ring is 1. The fourth-order valence-electron chi connectivity index (χ4n) is 1.92. The van der Waals surface area contributed by atoms with Crippen LogP contribution in [0.2, 0.25) is 0 Å². The van der Waals surface area contributed by atoms with Crippen molar-refractivity contribution < 1.29 is 4.79 Å². The molecule has 0 saturated heterocycles. The maximum atomic E-state index is 12.2. The largest absolute Gasteiger partial charge is 0.399 e. The van der Waals surface area contributed by atoms with Crippen molar-refractivity contribution in [2.24, 2.45) is 0 Å². The monoisotopic (exact) mass is 304 g/mol. The van der Waals surface area contributed by atoms with Crippen LogP contribution in [-0.4, -0.2) is 22.0 Å². The van der Waals surface area contributed by atoms with Crippen LogP contribution in [0.25, 0.3) is 0 Å². The first-order valence-corrected chi connectivity index (χ1v) is 7.60. The lowest BCUT2D eigenvalue weighted by atomic mass is 9.91. The van der Waals surface area contributed by atoms with Gasteiger partial charge in [0.2, 0.25) is 0 Å². The summed E-state index contributed by atoms with van der Waals surface area (Å²) in [7, 11) is 0. The highest BCUT2D eigenvalue weighted by Crippen LogP contribution is 2.25. The van der Waals surface area contributed by atoms with Gasteiger partial charge in [-0.1, -0.05) is 37.4 Å². The molecule has 2 aromatic rings. The van der Waals surface area contributed by atoms with Crippen LogP contribution in [0.4, 0.5) is 5.69 Å². The van der Waals surface area contributed by atoms with Gasteiger partial charge < -0.3 is 11.1 Å². The molecule has 2 rings (SSSR count). The molecule has 0 saturated carbocycles. The van der Waals surface area contributed by atoms with Crippen LogP contribution in [-0.2, 0) is 11.8 Å². The van der Waals surface area contributed by atoms with E-state index in [0.29, 0.717) is 11.4 Å². The third-order valence-corrected chi connectivity index (χ3v) is 3.81. The van der Waals surface area contributed by atoms with Crippen LogP contribution in [0.3, 0.4) is 0 Å². The normalized spacial score (nSPS) is 11.4. The Morgan fingerprint density at radius 2 is 1.95 bits per heavy atom. The molecule has 5 nitrogen and oxygen atoms in total. The number of nitrogens with one attached hydrogen (secondary N) is 1. The molecule has 0 radical (unpaired) electrons. The van der Waals surface area contributed by atoms with Gasteiger partial charge in [-0.3, -0.25) is 4.79 Å². The van der Waals surface area contributed by atoms with E-state index in [4.69, 9.17) is 5.73 Å². The summed E-state index contributed by atoms with van der Waals surface area (Å²) in [6.07, 6.45) is 0.767. The molecule has 0 bridgehead atoms. The fraction of sp³-hybridized carbons (Fsp3) is 0.400. The van der Waals surface area contributed by atoms with E-state index in [-0.39, 0.29) is 11.3 Å². The second-order valence-electron chi connectivity index (χ2n) is 5.95. The molecule has 21 heavy (non-hydrogen) atoms. The van der Waals surface area contributed by atoms with E-state index in [1.807, 2.05) is 45.0 Å². The quantitative estimate of drug-likeness (QED) is 0.850. The number of anilines is 1. The van der Waals surface area contributed by atoms with E-state index in [9.17, 15) is 4.79 Å². The summed E-state index contributed by atoms with van der Waals surface area (Å²) in [5, 5.41) is 7.00. The predicted molar refractivity (Wildman–Crippen MR) is 85.5 cm³/mol. The molecule has 0 atom stereocenters. The summed E-state index contributed by atoms with van der Waals surface area (Å²) < 4.78 is 3.90. The van der Waals surface area contributed by atoms with Crippen LogP contribution < -0.4 is 11.1 Å². The molecule has 1 heterocycles. The first kappa shape index (κ1) is 15.4. The smallest absolute Gasteiger partial charge is 0.264 e.